The third kappa shape index (κ3) is 6.25. The number of nitrogens with zero attached hydrogens (tertiary/aromatic N) is 2. The van der Waals surface area contributed by atoms with Gasteiger partial charge in [0.15, 0.2) is 9.84 Å². The van der Waals surface area contributed by atoms with Crippen LogP contribution in [0.1, 0.15) is 19.4 Å². The monoisotopic (exact) mass is 310 g/mol. The predicted molar refractivity (Wildman–Crippen MR) is 81.8 cm³/mol. The minimum Gasteiger partial charge on any atom is -0.377 e. The molecule has 0 aliphatic rings. The number of benzene rings is 1. The first-order valence-corrected chi connectivity index (χ1v) is 8.53. The van der Waals surface area contributed by atoms with E-state index in [1.54, 1.807) is 12.1 Å². The van der Waals surface area contributed by atoms with Crippen molar-refractivity contribution in [3.05, 3.63) is 29.8 Å². The summed E-state index contributed by atoms with van der Waals surface area (Å²) in [6.07, 6.45) is 0.177. The molecule has 0 saturated carbocycles. The van der Waals surface area contributed by atoms with Crippen molar-refractivity contribution in [1.29, 1.82) is 5.26 Å². The quantitative estimate of drug-likeness (QED) is 0.731. The molecule has 0 fully saturated rings. The molecule has 1 aromatic carbocycles. The maximum Gasteiger partial charge on any atom is 0.179 e. The molecular formula is C15H22N2O3S. The summed E-state index contributed by atoms with van der Waals surface area (Å²) < 4.78 is 29.9. The molecule has 0 saturated heterocycles. The summed E-state index contributed by atoms with van der Waals surface area (Å²) >= 11 is 0. The summed E-state index contributed by atoms with van der Waals surface area (Å²) in [4.78, 5) is 2.13. The maximum absolute atomic E-state index is 12.2. The number of sulfone groups is 1. The minimum absolute atomic E-state index is 0.0278. The van der Waals surface area contributed by atoms with Crippen molar-refractivity contribution >= 4 is 9.84 Å². The zero-order chi connectivity index (χ0) is 15.9. The van der Waals surface area contributed by atoms with E-state index in [1.807, 2.05) is 31.9 Å². The number of ether oxygens (including phenoxy) is 1. The summed E-state index contributed by atoms with van der Waals surface area (Å²) in [6.45, 7) is 5.63. The van der Waals surface area contributed by atoms with Gasteiger partial charge in [0.05, 0.1) is 35.0 Å². The van der Waals surface area contributed by atoms with E-state index in [9.17, 15) is 8.42 Å². The van der Waals surface area contributed by atoms with E-state index in [4.69, 9.17) is 10.00 Å². The average Bonchev–Trinajstić information content (AvgIpc) is 2.45. The number of nitriles is 1. The second-order valence-electron chi connectivity index (χ2n) is 5.18. The van der Waals surface area contributed by atoms with Crippen LogP contribution >= 0.6 is 0 Å². The van der Waals surface area contributed by atoms with Gasteiger partial charge in [-0.15, -0.1) is 0 Å². The molecule has 0 aliphatic heterocycles. The number of rotatable bonds is 8. The second-order valence-corrected chi connectivity index (χ2v) is 7.29. The lowest BCUT2D eigenvalue weighted by Gasteiger charge is -2.17. The molecule has 0 aliphatic carbocycles. The summed E-state index contributed by atoms with van der Waals surface area (Å²) in [7, 11) is -1.50. The van der Waals surface area contributed by atoms with Crippen LogP contribution in [-0.2, 0) is 14.6 Å². The van der Waals surface area contributed by atoms with Crippen molar-refractivity contribution < 1.29 is 13.2 Å². The van der Waals surface area contributed by atoms with E-state index in [-0.39, 0.29) is 16.8 Å². The lowest BCUT2D eigenvalue weighted by molar-refractivity contribution is 0.0648. The van der Waals surface area contributed by atoms with Gasteiger partial charge in [0.25, 0.3) is 0 Å². The van der Waals surface area contributed by atoms with Crippen molar-refractivity contribution in [1.82, 2.24) is 4.90 Å². The van der Waals surface area contributed by atoms with Crippen molar-refractivity contribution in [2.45, 2.75) is 24.8 Å². The van der Waals surface area contributed by atoms with Crippen LogP contribution in [-0.4, -0.2) is 51.9 Å². The highest BCUT2D eigenvalue weighted by Gasteiger charge is 2.15. The third-order valence-corrected chi connectivity index (χ3v) is 4.68. The van der Waals surface area contributed by atoms with Gasteiger partial charge in [-0.2, -0.15) is 5.26 Å². The summed E-state index contributed by atoms with van der Waals surface area (Å²) in [6, 6.07) is 8.07. The van der Waals surface area contributed by atoms with Crippen LogP contribution in [0.2, 0.25) is 0 Å². The molecule has 116 valence electrons. The van der Waals surface area contributed by atoms with Crippen LogP contribution in [0, 0.1) is 11.3 Å². The molecule has 1 rings (SSSR count). The van der Waals surface area contributed by atoms with Crippen molar-refractivity contribution in [3.8, 4) is 6.07 Å². The number of likely N-dealkylation sites (N-methyl/N-ethyl adjacent to an activating group) is 1. The maximum atomic E-state index is 12.2. The first-order chi connectivity index (χ1) is 9.85. The second kappa shape index (κ2) is 8.13. The van der Waals surface area contributed by atoms with E-state index >= 15 is 0 Å². The van der Waals surface area contributed by atoms with Crippen LogP contribution in [0.25, 0.3) is 0 Å². The van der Waals surface area contributed by atoms with Crippen LogP contribution in [0.5, 0.6) is 0 Å². The number of hydrogen-bond donors (Lipinski definition) is 0. The van der Waals surface area contributed by atoms with Gasteiger partial charge in [-0.3, -0.25) is 0 Å². The minimum atomic E-state index is -3.36. The summed E-state index contributed by atoms with van der Waals surface area (Å²) in [5.74, 6) is 0.0278. The number of hydrogen-bond acceptors (Lipinski definition) is 5. The lowest BCUT2D eigenvalue weighted by atomic mass is 10.2. The van der Waals surface area contributed by atoms with E-state index in [1.165, 1.54) is 12.1 Å². The van der Waals surface area contributed by atoms with Gasteiger partial charge in [0.2, 0.25) is 0 Å². The summed E-state index contributed by atoms with van der Waals surface area (Å²) in [5, 5.41) is 8.82. The molecule has 0 spiro atoms. The van der Waals surface area contributed by atoms with Crippen LogP contribution in [0.3, 0.4) is 0 Å². The molecule has 0 atom stereocenters. The molecule has 0 heterocycles. The highest BCUT2D eigenvalue weighted by molar-refractivity contribution is 7.91. The van der Waals surface area contributed by atoms with E-state index in [0.717, 1.165) is 0 Å². The Morgan fingerprint density at radius 3 is 2.67 bits per heavy atom. The highest BCUT2D eigenvalue weighted by Crippen LogP contribution is 2.13. The molecule has 0 N–H and O–H groups in total. The van der Waals surface area contributed by atoms with Crippen LogP contribution < -0.4 is 0 Å². The fraction of sp³-hybridized carbons (Fsp3) is 0.533. The molecule has 21 heavy (non-hydrogen) atoms. The molecule has 0 amide bonds. The van der Waals surface area contributed by atoms with E-state index in [0.29, 0.717) is 25.3 Å². The lowest BCUT2D eigenvalue weighted by Crippen LogP contribution is -2.29. The highest BCUT2D eigenvalue weighted by atomic mass is 32.2. The van der Waals surface area contributed by atoms with E-state index in [2.05, 4.69) is 0 Å². The van der Waals surface area contributed by atoms with Gasteiger partial charge in [0.1, 0.15) is 0 Å². The van der Waals surface area contributed by atoms with Crippen molar-refractivity contribution in [2.75, 3.05) is 32.5 Å². The third-order valence-electron chi connectivity index (χ3n) is 2.99. The van der Waals surface area contributed by atoms with Gasteiger partial charge < -0.3 is 9.64 Å². The topological polar surface area (TPSA) is 70.4 Å². The van der Waals surface area contributed by atoms with Crippen LogP contribution in [0.4, 0.5) is 0 Å². The van der Waals surface area contributed by atoms with Gasteiger partial charge in [-0.05, 0) is 39.1 Å². The largest absolute Gasteiger partial charge is 0.377 e. The zero-order valence-electron chi connectivity index (χ0n) is 12.7. The smallest absolute Gasteiger partial charge is 0.179 e. The normalized spacial score (nSPS) is 11.8. The predicted octanol–water partition coefficient (Wildman–Crippen LogP) is 1.69. The fourth-order valence-corrected chi connectivity index (χ4v) is 3.09. The Hall–Kier alpha value is -1.42. The van der Waals surface area contributed by atoms with Crippen molar-refractivity contribution in [2.24, 2.45) is 0 Å². The Labute approximate surface area is 127 Å². The molecule has 0 bridgehead atoms. The Morgan fingerprint density at radius 1 is 1.33 bits per heavy atom. The zero-order valence-corrected chi connectivity index (χ0v) is 13.6. The molecule has 1 aromatic rings. The van der Waals surface area contributed by atoms with Crippen molar-refractivity contribution in [3.63, 3.8) is 0 Å². The molecule has 6 heteroatoms. The molecular weight excluding hydrogens is 288 g/mol. The molecule has 0 aromatic heterocycles. The van der Waals surface area contributed by atoms with E-state index < -0.39 is 9.84 Å². The molecule has 0 unspecified atom stereocenters. The van der Waals surface area contributed by atoms with Gasteiger partial charge in [0, 0.05) is 13.1 Å². The first-order valence-electron chi connectivity index (χ1n) is 6.88. The first kappa shape index (κ1) is 17.6. The standard InChI is InChI=1S/C15H22N2O3S/c1-13(2)20-9-7-17(3)8-10-21(18,19)15-6-4-5-14(11-15)12-16/h4-6,11,13H,7-10H2,1-3H3. The van der Waals surface area contributed by atoms with Gasteiger partial charge in [-0.1, -0.05) is 6.07 Å². The summed E-state index contributed by atoms with van der Waals surface area (Å²) in [5.41, 5.74) is 0.356. The fourth-order valence-electron chi connectivity index (χ4n) is 1.71. The Morgan fingerprint density at radius 2 is 2.05 bits per heavy atom. The van der Waals surface area contributed by atoms with Gasteiger partial charge in [-0.25, -0.2) is 8.42 Å². The SMILES string of the molecule is CC(C)OCCN(C)CCS(=O)(=O)c1cccc(C#N)c1. The molecule has 5 nitrogen and oxygen atoms in total. The Bertz CT molecular complexity index is 591. The van der Waals surface area contributed by atoms with Crippen LogP contribution in [0.15, 0.2) is 29.2 Å². The Balaban J connectivity index is 2.55. The Kier molecular flexibility index (Phi) is 6.82. The average molecular weight is 310 g/mol. The molecule has 0 radical (unpaired) electrons. The van der Waals surface area contributed by atoms with Gasteiger partial charge >= 0.3 is 0 Å².